The second-order valence-electron chi connectivity index (χ2n) is 4.93. The van der Waals surface area contributed by atoms with E-state index in [9.17, 15) is 14.9 Å². The Labute approximate surface area is 140 Å². The van der Waals surface area contributed by atoms with Gasteiger partial charge in [0.05, 0.1) is 11.5 Å². The average Bonchev–Trinajstić information content (AvgIpc) is 2.45. The number of nitro benzene ring substituents is 1. The maximum absolute atomic E-state index is 12.5. The Balaban J connectivity index is 0.00000441. The number of ketones is 1. The van der Waals surface area contributed by atoms with Crippen molar-refractivity contribution in [2.24, 2.45) is 5.92 Å². The van der Waals surface area contributed by atoms with E-state index in [4.69, 9.17) is 5.11 Å². The number of carbonyl (C=O) groups excluding carboxylic acids is 1. The number of thioether (sulfide) groups is 1. The maximum atomic E-state index is 12.5. The first-order chi connectivity index (χ1) is 9.95. The lowest BCUT2D eigenvalue weighted by atomic mass is 9.98. The SMILES string of the molecule is CN(C)CC(CSCCO)C(=O)c1ccc([N+](=O)[O-])cc1.Cl. The van der Waals surface area contributed by atoms with Crippen LogP contribution in [0.1, 0.15) is 10.4 Å². The van der Waals surface area contributed by atoms with Crippen LogP contribution in [0.25, 0.3) is 0 Å². The number of aliphatic hydroxyl groups excluding tert-OH is 1. The van der Waals surface area contributed by atoms with Gasteiger partial charge in [-0.3, -0.25) is 14.9 Å². The molecule has 1 N–H and O–H groups in total. The van der Waals surface area contributed by atoms with E-state index in [1.165, 1.54) is 36.0 Å². The molecule has 0 fully saturated rings. The summed E-state index contributed by atoms with van der Waals surface area (Å²) in [5.74, 6) is 0.994. The van der Waals surface area contributed by atoms with Crippen molar-refractivity contribution in [3.63, 3.8) is 0 Å². The summed E-state index contributed by atoms with van der Waals surface area (Å²) >= 11 is 1.53. The largest absolute Gasteiger partial charge is 0.396 e. The summed E-state index contributed by atoms with van der Waals surface area (Å²) in [6.07, 6.45) is 0. The van der Waals surface area contributed by atoms with Crippen LogP contribution in [0.3, 0.4) is 0 Å². The molecule has 0 saturated carbocycles. The Morgan fingerprint density at radius 1 is 1.36 bits per heavy atom. The van der Waals surface area contributed by atoms with Crippen molar-refractivity contribution in [1.82, 2.24) is 4.90 Å². The van der Waals surface area contributed by atoms with Gasteiger partial charge < -0.3 is 10.0 Å². The molecule has 0 aliphatic carbocycles. The summed E-state index contributed by atoms with van der Waals surface area (Å²) in [7, 11) is 3.79. The Morgan fingerprint density at radius 3 is 2.41 bits per heavy atom. The zero-order chi connectivity index (χ0) is 15.8. The monoisotopic (exact) mass is 348 g/mol. The highest BCUT2D eigenvalue weighted by Gasteiger charge is 2.21. The van der Waals surface area contributed by atoms with Crippen molar-refractivity contribution in [1.29, 1.82) is 0 Å². The van der Waals surface area contributed by atoms with Crippen LogP contribution in [0.15, 0.2) is 24.3 Å². The predicted molar refractivity (Wildman–Crippen MR) is 91.1 cm³/mol. The molecule has 0 aliphatic rings. The minimum absolute atomic E-state index is 0. The van der Waals surface area contributed by atoms with Gasteiger partial charge >= 0.3 is 0 Å². The fourth-order valence-electron chi connectivity index (χ4n) is 1.93. The minimum Gasteiger partial charge on any atom is -0.396 e. The third-order valence-electron chi connectivity index (χ3n) is 2.87. The molecule has 22 heavy (non-hydrogen) atoms. The summed E-state index contributed by atoms with van der Waals surface area (Å²) in [5, 5.41) is 19.4. The van der Waals surface area contributed by atoms with E-state index in [0.717, 1.165) is 0 Å². The molecular formula is C14H21ClN2O4S. The first-order valence-electron chi connectivity index (χ1n) is 6.57. The molecule has 0 heterocycles. The molecule has 1 aromatic carbocycles. The highest BCUT2D eigenvalue weighted by atomic mass is 35.5. The molecule has 1 aromatic rings. The number of halogens is 1. The van der Waals surface area contributed by atoms with E-state index in [-0.39, 0.29) is 36.4 Å². The number of benzene rings is 1. The first-order valence-corrected chi connectivity index (χ1v) is 7.73. The molecule has 6 nitrogen and oxygen atoms in total. The van der Waals surface area contributed by atoms with Crippen molar-refractivity contribution in [3.8, 4) is 0 Å². The molecule has 124 valence electrons. The van der Waals surface area contributed by atoms with Gasteiger partial charge in [-0.15, -0.1) is 12.4 Å². The van der Waals surface area contributed by atoms with Gasteiger partial charge in [0.1, 0.15) is 0 Å². The summed E-state index contributed by atoms with van der Waals surface area (Å²) in [6, 6.07) is 5.70. The first kappa shape index (κ1) is 20.9. The van der Waals surface area contributed by atoms with Crippen LogP contribution in [0.5, 0.6) is 0 Å². The average molecular weight is 349 g/mol. The van der Waals surface area contributed by atoms with Crippen molar-refractivity contribution in [2.45, 2.75) is 0 Å². The number of non-ortho nitro benzene ring substituents is 1. The number of Topliss-reactive ketones (excluding diaryl/α,β-unsaturated/α-hetero) is 1. The highest BCUT2D eigenvalue weighted by molar-refractivity contribution is 7.99. The van der Waals surface area contributed by atoms with Crippen molar-refractivity contribution in [3.05, 3.63) is 39.9 Å². The second kappa shape index (κ2) is 10.6. The third-order valence-corrected chi connectivity index (χ3v) is 3.98. The van der Waals surface area contributed by atoms with Crippen LogP contribution < -0.4 is 0 Å². The van der Waals surface area contributed by atoms with Crippen LogP contribution in [-0.4, -0.2) is 59.5 Å². The lowest BCUT2D eigenvalue weighted by molar-refractivity contribution is -0.384. The number of hydrogen-bond acceptors (Lipinski definition) is 6. The smallest absolute Gasteiger partial charge is 0.269 e. The molecule has 0 saturated heterocycles. The predicted octanol–water partition coefficient (Wildman–Crippen LogP) is 2.10. The van der Waals surface area contributed by atoms with Crippen LogP contribution in [0.2, 0.25) is 0 Å². The van der Waals surface area contributed by atoms with Crippen LogP contribution >= 0.6 is 24.2 Å². The Hall–Kier alpha value is -1.15. The van der Waals surface area contributed by atoms with Gasteiger partial charge in [0.2, 0.25) is 0 Å². The quantitative estimate of drug-likeness (QED) is 0.318. The zero-order valence-electron chi connectivity index (χ0n) is 12.6. The number of rotatable bonds is 9. The van der Waals surface area contributed by atoms with Crippen LogP contribution in [0.4, 0.5) is 5.69 Å². The van der Waals surface area contributed by atoms with Crippen molar-refractivity contribution < 1.29 is 14.8 Å². The van der Waals surface area contributed by atoms with E-state index in [1.807, 2.05) is 19.0 Å². The number of hydrogen-bond donors (Lipinski definition) is 1. The lowest BCUT2D eigenvalue weighted by Gasteiger charge is -2.19. The fourth-order valence-corrected chi connectivity index (χ4v) is 2.76. The second-order valence-corrected chi connectivity index (χ2v) is 6.08. The molecular weight excluding hydrogens is 328 g/mol. The van der Waals surface area contributed by atoms with Crippen LogP contribution in [-0.2, 0) is 0 Å². The molecule has 0 radical (unpaired) electrons. The Morgan fingerprint density at radius 2 is 1.95 bits per heavy atom. The lowest BCUT2D eigenvalue weighted by Crippen LogP contribution is -2.30. The summed E-state index contributed by atoms with van der Waals surface area (Å²) in [6.45, 7) is 0.694. The summed E-state index contributed by atoms with van der Waals surface area (Å²) in [4.78, 5) is 24.6. The van der Waals surface area contributed by atoms with Crippen LogP contribution in [0, 0.1) is 16.0 Å². The van der Waals surface area contributed by atoms with Gasteiger partial charge in [-0.05, 0) is 26.2 Å². The minimum atomic E-state index is -0.483. The van der Waals surface area contributed by atoms with Gasteiger partial charge in [-0.1, -0.05) is 0 Å². The van der Waals surface area contributed by atoms with Crippen molar-refractivity contribution >= 4 is 35.6 Å². The highest BCUT2D eigenvalue weighted by Crippen LogP contribution is 2.18. The number of carbonyl (C=O) groups is 1. The van der Waals surface area contributed by atoms with Gasteiger partial charge in [-0.2, -0.15) is 11.8 Å². The normalized spacial score (nSPS) is 11.8. The Bertz CT molecular complexity index is 482. The van der Waals surface area contributed by atoms with Gasteiger partial charge in [0, 0.05) is 41.7 Å². The number of aliphatic hydroxyl groups is 1. The molecule has 1 atom stereocenters. The number of nitro groups is 1. The molecule has 0 aromatic heterocycles. The number of nitrogens with zero attached hydrogens (tertiary/aromatic N) is 2. The standard InChI is InChI=1S/C14H20N2O4S.ClH/c1-15(2)9-12(10-21-8-7-17)14(18)11-3-5-13(6-4-11)16(19)20;/h3-6,12,17H,7-10H2,1-2H3;1H. The third kappa shape index (κ3) is 6.74. The van der Waals surface area contributed by atoms with E-state index >= 15 is 0 Å². The fraction of sp³-hybridized carbons (Fsp3) is 0.500. The van der Waals surface area contributed by atoms with E-state index < -0.39 is 4.92 Å². The van der Waals surface area contributed by atoms with Gasteiger partial charge in [0.25, 0.3) is 5.69 Å². The molecule has 0 amide bonds. The molecule has 1 unspecified atom stereocenters. The maximum Gasteiger partial charge on any atom is 0.269 e. The molecule has 0 spiro atoms. The zero-order valence-corrected chi connectivity index (χ0v) is 14.2. The topological polar surface area (TPSA) is 83.7 Å². The molecule has 0 bridgehead atoms. The van der Waals surface area contributed by atoms with E-state index in [1.54, 1.807) is 0 Å². The molecule has 0 aliphatic heterocycles. The van der Waals surface area contributed by atoms with Crippen molar-refractivity contribution in [2.75, 3.05) is 38.8 Å². The Kier molecular flexibility index (Phi) is 10.0. The summed E-state index contributed by atoms with van der Waals surface area (Å²) in [5.41, 5.74) is 0.461. The van der Waals surface area contributed by atoms with Gasteiger partial charge in [0.15, 0.2) is 5.78 Å². The van der Waals surface area contributed by atoms with Gasteiger partial charge in [-0.25, -0.2) is 0 Å². The van der Waals surface area contributed by atoms with E-state index in [2.05, 4.69) is 0 Å². The molecule has 1 rings (SSSR count). The molecule has 8 heteroatoms. The summed E-state index contributed by atoms with van der Waals surface area (Å²) < 4.78 is 0. The van der Waals surface area contributed by atoms with E-state index in [0.29, 0.717) is 23.6 Å².